The highest BCUT2D eigenvalue weighted by atomic mass is 16.5. The van der Waals surface area contributed by atoms with Gasteiger partial charge < -0.3 is 20.5 Å². The number of carbonyl (C=O) groups excluding carboxylic acids is 1. The largest absolute Gasteiger partial charge is 0.481 e. The van der Waals surface area contributed by atoms with Gasteiger partial charge in [-0.15, -0.1) is 0 Å². The number of ether oxygens (including phenoxy) is 1. The Labute approximate surface area is 126 Å². The predicted molar refractivity (Wildman–Crippen MR) is 80.2 cm³/mol. The molecular weight excluding hydrogens is 272 g/mol. The number of hydrogen-bond donors (Lipinski definition) is 3. The number of rotatable bonds is 8. The summed E-state index contributed by atoms with van der Waals surface area (Å²) in [5.74, 6) is -0.964. The number of carbonyl (C=O) groups is 2. The van der Waals surface area contributed by atoms with E-state index in [-0.39, 0.29) is 24.1 Å². The molecule has 1 fully saturated rings. The molecule has 2 amide bonds. The number of carboxylic acid groups (broad SMARTS) is 1. The Morgan fingerprint density at radius 3 is 2.43 bits per heavy atom. The SMILES string of the molecule is CC(C)OCCCCNC(=O)NC1CCC(C(=O)O)CC1. The van der Waals surface area contributed by atoms with Gasteiger partial charge in [0.05, 0.1) is 12.0 Å². The predicted octanol–water partition coefficient (Wildman–Crippen LogP) is 2.13. The molecule has 1 aliphatic rings. The summed E-state index contributed by atoms with van der Waals surface area (Å²) in [6.45, 7) is 5.37. The minimum absolute atomic E-state index is 0.102. The lowest BCUT2D eigenvalue weighted by Crippen LogP contribution is -2.44. The van der Waals surface area contributed by atoms with E-state index in [9.17, 15) is 9.59 Å². The van der Waals surface area contributed by atoms with Gasteiger partial charge in [-0.2, -0.15) is 0 Å². The topological polar surface area (TPSA) is 87.7 Å². The zero-order valence-corrected chi connectivity index (χ0v) is 13.1. The Balaban J connectivity index is 2.03. The van der Waals surface area contributed by atoms with Crippen molar-refractivity contribution in [2.75, 3.05) is 13.2 Å². The van der Waals surface area contributed by atoms with E-state index < -0.39 is 5.97 Å². The lowest BCUT2D eigenvalue weighted by atomic mass is 9.86. The van der Waals surface area contributed by atoms with Gasteiger partial charge in [0.15, 0.2) is 0 Å². The second kappa shape index (κ2) is 9.60. The average molecular weight is 300 g/mol. The Morgan fingerprint density at radius 2 is 1.86 bits per heavy atom. The fourth-order valence-electron chi connectivity index (χ4n) is 2.47. The minimum atomic E-state index is -0.721. The van der Waals surface area contributed by atoms with Crippen molar-refractivity contribution >= 4 is 12.0 Å². The second-order valence-corrected chi connectivity index (χ2v) is 5.91. The highest BCUT2D eigenvalue weighted by Gasteiger charge is 2.26. The standard InChI is InChI=1S/C15H28N2O4/c1-11(2)21-10-4-3-9-16-15(20)17-13-7-5-12(6-8-13)14(18)19/h11-13H,3-10H2,1-2H3,(H,18,19)(H2,16,17,20). The van der Waals surface area contributed by atoms with Crippen LogP contribution >= 0.6 is 0 Å². The summed E-state index contributed by atoms with van der Waals surface area (Å²) in [5.41, 5.74) is 0. The number of hydrogen-bond acceptors (Lipinski definition) is 3. The summed E-state index contributed by atoms with van der Waals surface area (Å²) in [5, 5.41) is 14.7. The molecule has 122 valence electrons. The van der Waals surface area contributed by atoms with E-state index in [1.54, 1.807) is 0 Å². The molecular formula is C15H28N2O4. The normalized spacial score (nSPS) is 22.0. The molecule has 0 atom stereocenters. The molecule has 21 heavy (non-hydrogen) atoms. The van der Waals surface area contributed by atoms with Crippen molar-refractivity contribution < 1.29 is 19.4 Å². The van der Waals surface area contributed by atoms with Crippen LogP contribution in [0.5, 0.6) is 0 Å². The molecule has 0 aromatic rings. The van der Waals surface area contributed by atoms with Crippen LogP contribution in [0.25, 0.3) is 0 Å². The maximum atomic E-state index is 11.7. The first-order valence-corrected chi connectivity index (χ1v) is 7.87. The summed E-state index contributed by atoms with van der Waals surface area (Å²) >= 11 is 0. The smallest absolute Gasteiger partial charge is 0.315 e. The Bertz CT molecular complexity index is 326. The Morgan fingerprint density at radius 1 is 1.19 bits per heavy atom. The van der Waals surface area contributed by atoms with Gasteiger partial charge in [0, 0.05) is 19.2 Å². The summed E-state index contributed by atoms with van der Waals surface area (Å²) in [7, 11) is 0. The molecule has 0 aliphatic heterocycles. The summed E-state index contributed by atoms with van der Waals surface area (Å²) < 4.78 is 5.42. The molecule has 0 aromatic heterocycles. The van der Waals surface area contributed by atoms with Crippen LogP contribution < -0.4 is 10.6 Å². The molecule has 0 bridgehead atoms. The van der Waals surface area contributed by atoms with Gasteiger partial charge in [-0.05, 0) is 52.4 Å². The molecule has 1 rings (SSSR count). The van der Waals surface area contributed by atoms with Crippen LogP contribution in [0.2, 0.25) is 0 Å². The average Bonchev–Trinajstić information content (AvgIpc) is 2.43. The second-order valence-electron chi connectivity index (χ2n) is 5.91. The van der Waals surface area contributed by atoms with E-state index in [1.165, 1.54) is 0 Å². The van der Waals surface area contributed by atoms with Crippen molar-refractivity contribution in [1.82, 2.24) is 10.6 Å². The quantitative estimate of drug-likeness (QED) is 0.599. The zero-order chi connectivity index (χ0) is 15.7. The first-order chi connectivity index (χ1) is 9.99. The fraction of sp³-hybridized carbons (Fsp3) is 0.867. The molecule has 6 heteroatoms. The van der Waals surface area contributed by atoms with E-state index >= 15 is 0 Å². The van der Waals surface area contributed by atoms with Crippen molar-refractivity contribution in [1.29, 1.82) is 0 Å². The number of carboxylic acids is 1. The van der Waals surface area contributed by atoms with Crippen molar-refractivity contribution in [3.05, 3.63) is 0 Å². The first kappa shape index (κ1) is 17.8. The number of unbranched alkanes of at least 4 members (excludes halogenated alkanes) is 1. The van der Waals surface area contributed by atoms with E-state index in [0.717, 1.165) is 32.3 Å². The minimum Gasteiger partial charge on any atom is -0.481 e. The van der Waals surface area contributed by atoms with Crippen molar-refractivity contribution in [3.8, 4) is 0 Å². The lowest BCUT2D eigenvalue weighted by molar-refractivity contribution is -0.142. The van der Waals surface area contributed by atoms with Gasteiger partial charge in [-0.3, -0.25) is 4.79 Å². The molecule has 3 N–H and O–H groups in total. The van der Waals surface area contributed by atoms with Gasteiger partial charge in [0.25, 0.3) is 0 Å². The maximum Gasteiger partial charge on any atom is 0.315 e. The molecule has 0 heterocycles. The Kier molecular flexibility index (Phi) is 8.12. The van der Waals surface area contributed by atoms with E-state index in [4.69, 9.17) is 9.84 Å². The third kappa shape index (κ3) is 7.90. The molecule has 0 radical (unpaired) electrons. The monoisotopic (exact) mass is 300 g/mol. The van der Waals surface area contributed by atoms with E-state index in [1.807, 2.05) is 13.8 Å². The fourth-order valence-corrected chi connectivity index (χ4v) is 2.47. The highest BCUT2D eigenvalue weighted by molar-refractivity contribution is 5.74. The van der Waals surface area contributed by atoms with Crippen LogP contribution in [0.3, 0.4) is 0 Å². The van der Waals surface area contributed by atoms with Crippen LogP contribution in [-0.2, 0) is 9.53 Å². The molecule has 1 aliphatic carbocycles. The van der Waals surface area contributed by atoms with Gasteiger partial charge in [-0.25, -0.2) is 4.79 Å². The molecule has 0 saturated heterocycles. The third-order valence-electron chi connectivity index (χ3n) is 3.72. The van der Waals surface area contributed by atoms with Gasteiger partial charge in [0.2, 0.25) is 0 Å². The van der Waals surface area contributed by atoms with E-state index in [0.29, 0.717) is 19.4 Å². The number of nitrogens with one attached hydrogen (secondary N) is 2. The van der Waals surface area contributed by atoms with Crippen LogP contribution in [0.15, 0.2) is 0 Å². The molecule has 1 saturated carbocycles. The summed E-state index contributed by atoms with van der Waals surface area (Å²) in [6, 6.07) is -0.0524. The van der Waals surface area contributed by atoms with Gasteiger partial charge >= 0.3 is 12.0 Å². The van der Waals surface area contributed by atoms with Crippen LogP contribution in [-0.4, -0.2) is 42.4 Å². The Hall–Kier alpha value is -1.30. The lowest BCUT2D eigenvalue weighted by Gasteiger charge is -2.26. The maximum absolute atomic E-state index is 11.7. The molecule has 0 aromatic carbocycles. The zero-order valence-electron chi connectivity index (χ0n) is 13.1. The third-order valence-corrected chi connectivity index (χ3v) is 3.72. The molecule has 0 spiro atoms. The summed E-state index contributed by atoms with van der Waals surface area (Å²) in [4.78, 5) is 22.5. The van der Waals surface area contributed by atoms with Crippen molar-refractivity contribution in [2.24, 2.45) is 5.92 Å². The molecule has 6 nitrogen and oxygen atoms in total. The van der Waals surface area contributed by atoms with Crippen LogP contribution in [0.4, 0.5) is 4.79 Å². The number of amides is 2. The number of urea groups is 1. The van der Waals surface area contributed by atoms with Crippen LogP contribution in [0, 0.1) is 5.92 Å². The van der Waals surface area contributed by atoms with Crippen molar-refractivity contribution in [2.45, 2.75) is 64.5 Å². The number of aliphatic carboxylic acids is 1. The van der Waals surface area contributed by atoms with Crippen molar-refractivity contribution in [3.63, 3.8) is 0 Å². The van der Waals surface area contributed by atoms with E-state index in [2.05, 4.69) is 10.6 Å². The van der Waals surface area contributed by atoms with Crippen LogP contribution in [0.1, 0.15) is 52.4 Å². The van der Waals surface area contributed by atoms with Gasteiger partial charge in [-0.1, -0.05) is 0 Å². The summed E-state index contributed by atoms with van der Waals surface area (Å²) in [6.07, 6.45) is 4.86. The first-order valence-electron chi connectivity index (χ1n) is 7.87. The highest BCUT2D eigenvalue weighted by Crippen LogP contribution is 2.24. The van der Waals surface area contributed by atoms with Gasteiger partial charge in [0.1, 0.15) is 0 Å². The molecule has 0 unspecified atom stereocenters.